The molecule has 0 saturated heterocycles. The predicted octanol–water partition coefficient (Wildman–Crippen LogP) is 5.36. The van der Waals surface area contributed by atoms with Gasteiger partial charge < -0.3 is 14.2 Å². The Kier molecular flexibility index (Phi) is 5.16. The van der Waals surface area contributed by atoms with Gasteiger partial charge >= 0.3 is 0 Å². The molecule has 2 aromatic heterocycles. The van der Waals surface area contributed by atoms with Gasteiger partial charge in [0.25, 0.3) is 0 Å². The number of nitrogens with zero attached hydrogens (tertiary/aromatic N) is 2. The number of hydrogen-bond acceptors (Lipinski definition) is 5. The molecule has 5 nitrogen and oxygen atoms in total. The average molecular weight is 409 g/mol. The molecule has 0 N–H and O–H groups in total. The van der Waals surface area contributed by atoms with Crippen LogP contribution in [0.2, 0.25) is 5.15 Å². The second kappa shape index (κ2) is 7.76. The molecule has 0 spiro atoms. The van der Waals surface area contributed by atoms with E-state index in [9.17, 15) is 0 Å². The SMILES string of the molecule is COc1ccc2nc(Cl)c(Cc3cnc(C)c4cc(OC)c(OC)cc34)cc2c1. The van der Waals surface area contributed by atoms with Gasteiger partial charge in [0, 0.05) is 29.1 Å². The third-order valence-corrected chi connectivity index (χ3v) is 5.43. The summed E-state index contributed by atoms with van der Waals surface area (Å²) in [6, 6.07) is 11.8. The first-order valence-corrected chi connectivity index (χ1v) is 9.55. The zero-order valence-electron chi connectivity index (χ0n) is 16.7. The smallest absolute Gasteiger partial charge is 0.161 e. The van der Waals surface area contributed by atoms with Crippen molar-refractivity contribution in [2.75, 3.05) is 21.3 Å². The minimum atomic E-state index is 0.483. The van der Waals surface area contributed by atoms with Crippen LogP contribution in [0.4, 0.5) is 0 Å². The summed E-state index contributed by atoms with van der Waals surface area (Å²) in [5, 5.41) is 3.54. The largest absolute Gasteiger partial charge is 0.497 e. The number of halogens is 1. The molecule has 0 amide bonds. The number of ether oxygens (including phenoxy) is 3. The second-order valence-corrected chi connectivity index (χ2v) is 7.15. The Hall–Kier alpha value is -3.05. The maximum absolute atomic E-state index is 6.51. The minimum absolute atomic E-state index is 0.483. The molecule has 0 unspecified atom stereocenters. The molecule has 0 aliphatic carbocycles. The molecule has 4 rings (SSSR count). The highest BCUT2D eigenvalue weighted by Crippen LogP contribution is 2.36. The van der Waals surface area contributed by atoms with Gasteiger partial charge in [-0.1, -0.05) is 11.6 Å². The van der Waals surface area contributed by atoms with Crippen molar-refractivity contribution in [1.29, 1.82) is 0 Å². The van der Waals surface area contributed by atoms with E-state index in [1.54, 1.807) is 21.3 Å². The quantitative estimate of drug-likeness (QED) is 0.416. The van der Waals surface area contributed by atoms with E-state index in [0.717, 1.165) is 44.2 Å². The van der Waals surface area contributed by atoms with Crippen molar-refractivity contribution in [3.63, 3.8) is 0 Å². The summed E-state index contributed by atoms with van der Waals surface area (Å²) in [4.78, 5) is 9.12. The first-order chi connectivity index (χ1) is 14.0. The standard InChI is InChI=1S/C23H21ClN2O3/c1-13-18-10-21(28-3)22(29-4)11-19(18)16(12-25-13)8-15-7-14-9-17(27-2)5-6-20(14)26-23(15)24/h5-7,9-12H,8H2,1-4H3. The number of pyridine rings is 2. The van der Waals surface area contributed by atoms with Crippen LogP contribution in [0.25, 0.3) is 21.7 Å². The van der Waals surface area contributed by atoms with Crippen LogP contribution < -0.4 is 14.2 Å². The van der Waals surface area contributed by atoms with Gasteiger partial charge in [-0.15, -0.1) is 0 Å². The molecule has 6 heteroatoms. The Morgan fingerprint density at radius 2 is 1.59 bits per heavy atom. The maximum Gasteiger partial charge on any atom is 0.161 e. The molecule has 0 radical (unpaired) electrons. The summed E-state index contributed by atoms with van der Waals surface area (Å²) in [6.45, 7) is 1.98. The Morgan fingerprint density at radius 1 is 0.862 bits per heavy atom. The Morgan fingerprint density at radius 3 is 2.28 bits per heavy atom. The van der Waals surface area contributed by atoms with Crippen molar-refractivity contribution >= 4 is 33.3 Å². The van der Waals surface area contributed by atoms with E-state index >= 15 is 0 Å². The normalized spacial score (nSPS) is 11.1. The Balaban J connectivity index is 1.85. The van der Waals surface area contributed by atoms with Crippen molar-refractivity contribution in [2.24, 2.45) is 0 Å². The molecule has 2 heterocycles. The fourth-order valence-corrected chi connectivity index (χ4v) is 3.74. The maximum atomic E-state index is 6.51. The van der Waals surface area contributed by atoms with Crippen LogP contribution in [0, 0.1) is 6.92 Å². The number of hydrogen-bond donors (Lipinski definition) is 0. The molecule has 0 saturated carbocycles. The highest BCUT2D eigenvalue weighted by Gasteiger charge is 2.14. The van der Waals surface area contributed by atoms with Gasteiger partial charge in [0.05, 0.1) is 26.8 Å². The van der Waals surface area contributed by atoms with Crippen molar-refractivity contribution < 1.29 is 14.2 Å². The van der Waals surface area contributed by atoms with Crippen LogP contribution in [-0.2, 0) is 6.42 Å². The molecule has 0 aliphatic heterocycles. The summed E-state index contributed by atoms with van der Waals surface area (Å²) in [5.41, 5.74) is 3.72. The number of methoxy groups -OCH3 is 3. The van der Waals surface area contributed by atoms with Gasteiger partial charge in [-0.3, -0.25) is 4.98 Å². The van der Waals surface area contributed by atoms with E-state index in [1.807, 2.05) is 43.5 Å². The van der Waals surface area contributed by atoms with Crippen LogP contribution in [-0.4, -0.2) is 31.3 Å². The van der Waals surface area contributed by atoms with Crippen LogP contribution >= 0.6 is 11.6 Å². The fraction of sp³-hybridized carbons (Fsp3) is 0.217. The first kappa shape index (κ1) is 19.3. The van der Waals surface area contributed by atoms with Gasteiger partial charge in [0.2, 0.25) is 0 Å². The number of aromatic nitrogens is 2. The lowest BCUT2D eigenvalue weighted by molar-refractivity contribution is 0.356. The fourth-order valence-electron chi connectivity index (χ4n) is 3.53. The van der Waals surface area contributed by atoms with Gasteiger partial charge in [0.1, 0.15) is 10.9 Å². The summed E-state index contributed by atoms with van der Waals surface area (Å²) >= 11 is 6.51. The first-order valence-electron chi connectivity index (χ1n) is 9.17. The lowest BCUT2D eigenvalue weighted by Crippen LogP contribution is -1.98. The van der Waals surface area contributed by atoms with E-state index in [0.29, 0.717) is 23.1 Å². The molecule has 0 atom stereocenters. The van der Waals surface area contributed by atoms with E-state index < -0.39 is 0 Å². The van der Waals surface area contributed by atoms with Gasteiger partial charge in [-0.2, -0.15) is 0 Å². The summed E-state index contributed by atoms with van der Waals surface area (Å²) < 4.78 is 16.3. The Bertz CT molecular complexity index is 1220. The highest BCUT2D eigenvalue weighted by molar-refractivity contribution is 6.30. The molecule has 0 fully saturated rings. The number of fused-ring (bicyclic) bond motifs is 2. The van der Waals surface area contributed by atoms with E-state index in [-0.39, 0.29) is 0 Å². The molecule has 0 aliphatic rings. The van der Waals surface area contributed by atoms with Crippen molar-refractivity contribution in [1.82, 2.24) is 9.97 Å². The van der Waals surface area contributed by atoms with E-state index in [1.165, 1.54) is 0 Å². The van der Waals surface area contributed by atoms with Gasteiger partial charge in [0.15, 0.2) is 11.5 Å². The van der Waals surface area contributed by atoms with Gasteiger partial charge in [-0.25, -0.2) is 4.98 Å². The number of aryl methyl sites for hydroxylation is 1. The Labute approximate surface area is 174 Å². The lowest BCUT2D eigenvalue weighted by atomic mass is 9.99. The van der Waals surface area contributed by atoms with Crippen molar-refractivity contribution in [3.05, 3.63) is 64.6 Å². The van der Waals surface area contributed by atoms with Gasteiger partial charge in [-0.05, 0) is 59.8 Å². The predicted molar refractivity (Wildman–Crippen MR) is 116 cm³/mol. The molecule has 29 heavy (non-hydrogen) atoms. The van der Waals surface area contributed by atoms with Crippen LogP contribution in [0.3, 0.4) is 0 Å². The molecule has 0 bridgehead atoms. The van der Waals surface area contributed by atoms with E-state index in [2.05, 4.69) is 16.0 Å². The number of benzene rings is 2. The summed E-state index contributed by atoms with van der Waals surface area (Å²) in [5.74, 6) is 2.14. The third kappa shape index (κ3) is 3.54. The topological polar surface area (TPSA) is 53.5 Å². The molecular formula is C23H21ClN2O3. The van der Waals surface area contributed by atoms with E-state index in [4.69, 9.17) is 25.8 Å². The molecule has 4 aromatic rings. The van der Waals surface area contributed by atoms with Crippen LogP contribution in [0.15, 0.2) is 42.6 Å². The van der Waals surface area contributed by atoms with Crippen LogP contribution in [0.1, 0.15) is 16.8 Å². The lowest BCUT2D eigenvalue weighted by Gasteiger charge is -2.14. The molecular weight excluding hydrogens is 388 g/mol. The minimum Gasteiger partial charge on any atom is -0.497 e. The van der Waals surface area contributed by atoms with Crippen molar-refractivity contribution in [2.45, 2.75) is 13.3 Å². The van der Waals surface area contributed by atoms with Crippen LogP contribution in [0.5, 0.6) is 17.2 Å². The molecule has 2 aromatic carbocycles. The summed E-state index contributed by atoms with van der Waals surface area (Å²) in [6.07, 6.45) is 2.48. The second-order valence-electron chi connectivity index (χ2n) is 6.80. The number of rotatable bonds is 5. The average Bonchev–Trinajstić information content (AvgIpc) is 2.74. The highest BCUT2D eigenvalue weighted by atomic mass is 35.5. The summed E-state index contributed by atoms with van der Waals surface area (Å²) in [7, 11) is 4.91. The third-order valence-electron chi connectivity index (χ3n) is 5.10. The monoisotopic (exact) mass is 408 g/mol. The van der Waals surface area contributed by atoms with Crippen molar-refractivity contribution in [3.8, 4) is 17.2 Å². The zero-order valence-corrected chi connectivity index (χ0v) is 17.5. The zero-order chi connectivity index (χ0) is 20.5. The molecule has 148 valence electrons.